The van der Waals surface area contributed by atoms with Gasteiger partial charge in [0.05, 0.1) is 13.7 Å². The second kappa shape index (κ2) is 9.00. The van der Waals surface area contributed by atoms with E-state index < -0.39 is 0 Å². The van der Waals surface area contributed by atoms with E-state index in [1.54, 1.807) is 18.9 Å². The summed E-state index contributed by atoms with van der Waals surface area (Å²) in [5.41, 5.74) is 3.04. The number of nitrogens with one attached hydrogen (secondary N) is 1. The van der Waals surface area contributed by atoms with Crippen molar-refractivity contribution in [2.45, 2.75) is 31.1 Å². The molecule has 1 aromatic heterocycles. The second-order valence-corrected chi connectivity index (χ2v) is 7.48. The van der Waals surface area contributed by atoms with Gasteiger partial charge in [-0.05, 0) is 42.9 Å². The number of esters is 1. The number of carbonyl (C=O) groups excluding carboxylic acids is 1. The molecule has 2 aromatic carbocycles. The Labute approximate surface area is 164 Å². The number of methoxy groups -OCH3 is 1. The van der Waals surface area contributed by atoms with Crippen LogP contribution < -0.4 is 4.74 Å². The molecule has 4 nitrogen and oxygen atoms in total. The lowest BCUT2D eigenvalue weighted by molar-refractivity contribution is -0.145. The van der Waals surface area contributed by atoms with Crippen molar-refractivity contribution in [3.63, 3.8) is 0 Å². The summed E-state index contributed by atoms with van der Waals surface area (Å²) in [5, 5.41) is 1.08. The van der Waals surface area contributed by atoms with Crippen LogP contribution in [0.3, 0.4) is 0 Å². The molecule has 3 aromatic rings. The average molecular weight is 384 g/mol. The van der Waals surface area contributed by atoms with Crippen LogP contribution in [0.1, 0.15) is 31.0 Å². The zero-order valence-electron chi connectivity index (χ0n) is 16.0. The molecular formula is C22H25NO3S. The van der Waals surface area contributed by atoms with E-state index in [-0.39, 0.29) is 11.9 Å². The molecule has 1 atom stereocenters. The maximum absolute atomic E-state index is 12.8. The lowest BCUT2D eigenvalue weighted by Gasteiger charge is -2.16. The Morgan fingerprint density at radius 3 is 2.59 bits per heavy atom. The Balaban J connectivity index is 2.10. The van der Waals surface area contributed by atoms with E-state index in [1.165, 1.54) is 0 Å². The maximum atomic E-state index is 12.8. The van der Waals surface area contributed by atoms with E-state index in [2.05, 4.69) is 11.9 Å². The number of thioether (sulfide) groups is 1. The van der Waals surface area contributed by atoms with Crippen LogP contribution in [0.5, 0.6) is 5.75 Å². The van der Waals surface area contributed by atoms with Crippen molar-refractivity contribution in [2.75, 3.05) is 19.5 Å². The number of aromatic nitrogens is 1. The van der Waals surface area contributed by atoms with Gasteiger partial charge in [0.15, 0.2) is 0 Å². The third kappa shape index (κ3) is 4.30. The molecule has 3 rings (SSSR count). The smallest absolute Gasteiger partial charge is 0.315 e. The van der Waals surface area contributed by atoms with E-state index in [4.69, 9.17) is 9.47 Å². The van der Waals surface area contributed by atoms with Gasteiger partial charge in [-0.25, -0.2) is 0 Å². The highest BCUT2D eigenvalue weighted by Gasteiger charge is 2.28. The monoisotopic (exact) mass is 383 g/mol. The molecule has 0 aliphatic rings. The number of ether oxygens (including phenoxy) is 2. The van der Waals surface area contributed by atoms with Crippen LogP contribution in [0.4, 0.5) is 0 Å². The Morgan fingerprint density at radius 2 is 1.93 bits per heavy atom. The van der Waals surface area contributed by atoms with Gasteiger partial charge in [0.1, 0.15) is 11.7 Å². The van der Waals surface area contributed by atoms with Crippen LogP contribution in [-0.2, 0) is 16.0 Å². The highest BCUT2D eigenvalue weighted by Crippen LogP contribution is 2.38. The van der Waals surface area contributed by atoms with Gasteiger partial charge in [-0.3, -0.25) is 4.79 Å². The van der Waals surface area contributed by atoms with Crippen molar-refractivity contribution >= 4 is 28.6 Å². The first-order chi connectivity index (χ1) is 13.2. The van der Waals surface area contributed by atoms with Crippen LogP contribution >= 0.6 is 11.8 Å². The molecule has 0 amide bonds. The molecule has 0 fully saturated rings. The first-order valence-corrected chi connectivity index (χ1v) is 10.2. The quantitative estimate of drug-likeness (QED) is 0.430. The highest BCUT2D eigenvalue weighted by atomic mass is 32.2. The summed E-state index contributed by atoms with van der Waals surface area (Å²) >= 11 is 1.74. The molecule has 27 heavy (non-hydrogen) atoms. The highest BCUT2D eigenvalue weighted by molar-refractivity contribution is 7.99. The fourth-order valence-electron chi connectivity index (χ4n) is 3.24. The second-order valence-electron chi connectivity index (χ2n) is 6.21. The fourth-order valence-corrected chi connectivity index (χ4v) is 4.20. The SMILES string of the molecule is CCOC(=O)C(Cc1ccccc1)c1[nH]c2ccc(OC)cc2c1SCC. The van der Waals surface area contributed by atoms with Crippen LogP contribution in [0.15, 0.2) is 53.4 Å². The van der Waals surface area contributed by atoms with E-state index in [0.29, 0.717) is 13.0 Å². The van der Waals surface area contributed by atoms with Crippen LogP contribution in [0.2, 0.25) is 0 Å². The summed E-state index contributed by atoms with van der Waals surface area (Å²) in [6.07, 6.45) is 0.598. The number of H-pyrrole nitrogens is 1. The molecule has 142 valence electrons. The number of aromatic amines is 1. The molecule has 0 radical (unpaired) electrons. The normalized spacial score (nSPS) is 12.1. The summed E-state index contributed by atoms with van der Waals surface area (Å²) in [7, 11) is 1.66. The van der Waals surface area contributed by atoms with Crippen molar-refractivity contribution in [1.82, 2.24) is 4.98 Å². The van der Waals surface area contributed by atoms with Gasteiger partial charge in [0.25, 0.3) is 0 Å². The molecule has 0 saturated carbocycles. The zero-order chi connectivity index (χ0) is 19.2. The molecule has 0 bridgehead atoms. The largest absolute Gasteiger partial charge is 0.497 e. The third-order valence-electron chi connectivity index (χ3n) is 4.48. The molecule has 5 heteroatoms. The molecule has 0 aliphatic carbocycles. The maximum Gasteiger partial charge on any atom is 0.315 e. The number of hydrogen-bond donors (Lipinski definition) is 1. The Hall–Kier alpha value is -2.40. The Bertz CT molecular complexity index is 905. The molecule has 1 heterocycles. The molecule has 0 saturated heterocycles. The van der Waals surface area contributed by atoms with Gasteiger partial charge in [-0.1, -0.05) is 37.3 Å². The summed E-state index contributed by atoms with van der Waals surface area (Å²) in [5.74, 6) is 1.15. The van der Waals surface area contributed by atoms with Gasteiger partial charge in [0, 0.05) is 21.5 Å². The fraction of sp³-hybridized carbons (Fsp3) is 0.318. The van der Waals surface area contributed by atoms with Crippen molar-refractivity contribution in [3.05, 3.63) is 59.8 Å². The lowest BCUT2D eigenvalue weighted by atomic mass is 9.96. The number of rotatable bonds is 8. The Kier molecular flexibility index (Phi) is 6.45. The lowest BCUT2D eigenvalue weighted by Crippen LogP contribution is -2.19. The van der Waals surface area contributed by atoms with E-state index >= 15 is 0 Å². The zero-order valence-corrected chi connectivity index (χ0v) is 16.8. The predicted octanol–water partition coefficient (Wildman–Crippen LogP) is 5.18. The molecule has 0 aliphatic heterocycles. The number of fused-ring (bicyclic) bond motifs is 1. The molecule has 1 unspecified atom stereocenters. The van der Waals surface area contributed by atoms with Gasteiger partial charge in [0.2, 0.25) is 0 Å². The first kappa shape index (κ1) is 19.4. The van der Waals surface area contributed by atoms with Gasteiger partial charge in [-0.15, -0.1) is 11.8 Å². The van der Waals surface area contributed by atoms with E-state index in [1.807, 2.05) is 55.5 Å². The van der Waals surface area contributed by atoms with Crippen LogP contribution in [0, 0.1) is 0 Å². The summed E-state index contributed by atoms with van der Waals surface area (Å²) in [4.78, 5) is 17.4. The molecular weight excluding hydrogens is 358 g/mol. The number of benzene rings is 2. The summed E-state index contributed by atoms with van der Waals surface area (Å²) < 4.78 is 10.8. The minimum Gasteiger partial charge on any atom is -0.497 e. The first-order valence-electron chi connectivity index (χ1n) is 9.20. The topological polar surface area (TPSA) is 51.3 Å². The molecule has 0 spiro atoms. The van der Waals surface area contributed by atoms with Crippen LogP contribution in [-0.4, -0.2) is 30.4 Å². The van der Waals surface area contributed by atoms with Gasteiger partial charge in [-0.2, -0.15) is 0 Å². The Morgan fingerprint density at radius 1 is 1.15 bits per heavy atom. The third-order valence-corrected chi connectivity index (χ3v) is 5.49. The number of carbonyl (C=O) groups is 1. The van der Waals surface area contributed by atoms with Gasteiger partial charge < -0.3 is 14.5 Å². The van der Waals surface area contributed by atoms with Crippen molar-refractivity contribution < 1.29 is 14.3 Å². The number of hydrogen-bond acceptors (Lipinski definition) is 4. The predicted molar refractivity (Wildman–Crippen MR) is 111 cm³/mol. The van der Waals surface area contributed by atoms with Crippen molar-refractivity contribution in [1.29, 1.82) is 0 Å². The van der Waals surface area contributed by atoms with Gasteiger partial charge >= 0.3 is 5.97 Å². The minimum atomic E-state index is -0.375. The summed E-state index contributed by atoms with van der Waals surface area (Å²) in [6, 6.07) is 16.0. The average Bonchev–Trinajstić information content (AvgIpc) is 3.04. The molecule has 1 N–H and O–H groups in total. The summed E-state index contributed by atoms with van der Waals surface area (Å²) in [6.45, 7) is 4.33. The van der Waals surface area contributed by atoms with Crippen molar-refractivity contribution in [2.24, 2.45) is 0 Å². The van der Waals surface area contributed by atoms with Crippen molar-refractivity contribution in [3.8, 4) is 5.75 Å². The standard InChI is InChI=1S/C22H25NO3S/c1-4-26-22(24)18(13-15-9-7-6-8-10-15)20-21(27-5-2)17-14-16(25-3)11-12-19(17)23-20/h6-12,14,18,23H,4-5,13H2,1-3H3. The van der Waals surface area contributed by atoms with Crippen LogP contribution in [0.25, 0.3) is 10.9 Å². The minimum absolute atomic E-state index is 0.196. The van der Waals surface area contributed by atoms with E-state index in [9.17, 15) is 4.79 Å². The van der Waals surface area contributed by atoms with E-state index in [0.717, 1.165) is 38.6 Å².